The van der Waals surface area contributed by atoms with Gasteiger partial charge in [-0.15, -0.1) is 0 Å². The molecule has 2 aromatic heterocycles. The molecule has 1 amide bonds. The molecular weight excluding hydrogens is 652 g/mol. The molecule has 0 fully saturated rings. The highest BCUT2D eigenvalue weighted by molar-refractivity contribution is 5.90. The first-order valence-corrected chi connectivity index (χ1v) is 14.9. The molecule has 260 valence electrons. The lowest BCUT2D eigenvalue weighted by Gasteiger charge is -2.39. The third-order valence-corrected chi connectivity index (χ3v) is 7.29. The second-order valence-electron chi connectivity index (χ2n) is 10.5. The number of ether oxygens (including phenoxy) is 4. The fourth-order valence-electron chi connectivity index (χ4n) is 5.16. The number of hydrogen-bond acceptors (Lipinski definition) is 10. The highest BCUT2D eigenvalue weighted by Crippen LogP contribution is 2.41. The molecule has 1 aliphatic heterocycles. The summed E-state index contributed by atoms with van der Waals surface area (Å²) in [6, 6.07) is 3.44. The van der Waals surface area contributed by atoms with Gasteiger partial charge in [-0.2, -0.15) is 26.3 Å². The molecule has 3 aromatic rings. The highest BCUT2D eigenvalue weighted by atomic mass is 19.4. The second-order valence-corrected chi connectivity index (χ2v) is 10.5. The van der Waals surface area contributed by atoms with Gasteiger partial charge in [0.2, 0.25) is 11.8 Å². The summed E-state index contributed by atoms with van der Waals surface area (Å²) in [5.41, 5.74) is -2.66. The number of carbonyl (C=O) groups is 2. The molecule has 0 radical (unpaired) electrons. The highest BCUT2D eigenvalue weighted by Gasteiger charge is 2.39. The monoisotopic (exact) mass is 685 g/mol. The van der Waals surface area contributed by atoms with E-state index in [1.165, 1.54) is 12.0 Å². The van der Waals surface area contributed by atoms with Crippen LogP contribution in [0.25, 0.3) is 0 Å². The first kappa shape index (κ1) is 36.0. The summed E-state index contributed by atoms with van der Waals surface area (Å²) in [4.78, 5) is 39.6. The van der Waals surface area contributed by atoms with Crippen LogP contribution in [0.15, 0.2) is 36.5 Å². The van der Waals surface area contributed by atoms with E-state index in [0.717, 1.165) is 6.20 Å². The largest absolute Gasteiger partial charge is 0.481 e. The predicted octanol–water partition coefficient (Wildman–Crippen LogP) is 6.75. The molecule has 0 spiro atoms. The van der Waals surface area contributed by atoms with E-state index in [9.17, 15) is 35.9 Å². The van der Waals surface area contributed by atoms with Gasteiger partial charge in [0, 0.05) is 18.5 Å². The number of rotatable bonds is 11. The van der Waals surface area contributed by atoms with E-state index < -0.39 is 54.6 Å². The van der Waals surface area contributed by atoms with Crippen LogP contribution >= 0.6 is 0 Å². The lowest BCUT2D eigenvalue weighted by atomic mass is 9.93. The van der Waals surface area contributed by atoms with Crippen molar-refractivity contribution in [2.45, 2.75) is 64.5 Å². The van der Waals surface area contributed by atoms with E-state index in [4.69, 9.17) is 18.9 Å². The van der Waals surface area contributed by atoms with Gasteiger partial charge in [-0.05, 0) is 56.5 Å². The molecule has 11 nitrogen and oxygen atoms in total. The molecule has 0 saturated heterocycles. The number of alkyl halides is 6. The van der Waals surface area contributed by atoms with Crippen molar-refractivity contribution in [2.24, 2.45) is 0 Å². The Hall–Kier alpha value is -4.83. The van der Waals surface area contributed by atoms with Crippen molar-refractivity contribution >= 4 is 23.7 Å². The smallest absolute Gasteiger partial charge is 0.416 e. The standard InChI is InChI=1S/C31H33F6N5O6/c1-5-20-14-22(27-23(8-9-25(41-27)45-4)42(20)29(44)47-7-3)40-28-38-15-24(48-16-26(43)46-6-2)21(39-28)12-17-10-18(30(32,33)34)13-19(11-17)31(35,36)37/h8-11,13,15,20,22H,5-7,12,14,16H2,1-4H3,(H,38,39,40)/t20-,22+/m1/s1. The number of amides is 1. The van der Waals surface area contributed by atoms with Crippen molar-refractivity contribution in [3.05, 3.63) is 64.6 Å². The van der Waals surface area contributed by atoms with Gasteiger partial charge in [0.25, 0.3) is 0 Å². The van der Waals surface area contributed by atoms with Gasteiger partial charge in [0.1, 0.15) is 0 Å². The maximum atomic E-state index is 13.6. The molecule has 48 heavy (non-hydrogen) atoms. The maximum absolute atomic E-state index is 13.6. The molecule has 1 aromatic carbocycles. The zero-order valence-corrected chi connectivity index (χ0v) is 26.4. The number of esters is 1. The topological polar surface area (TPSA) is 125 Å². The lowest BCUT2D eigenvalue weighted by molar-refractivity contribution is -0.146. The van der Waals surface area contributed by atoms with Crippen molar-refractivity contribution in [2.75, 3.05) is 37.1 Å². The van der Waals surface area contributed by atoms with Gasteiger partial charge >= 0.3 is 24.4 Å². The molecule has 1 N–H and O–H groups in total. The minimum Gasteiger partial charge on any atom is -0.481 e. The zero-order chi connectivity index (χ0) is 35.2. The third kappa shape index (κ3) is 8.55. The summed E-state index contributed by atoms with van der Waals surface area (Å²) in [5, 5.41) is 3.13. The van der Waals surface area contributed by atoms with E-state index in [1.54, 1.807) is 26.0 Å². The minimum atomic E-state index is -5.06. The Morgan fingerprint density at radius 1 is 0.958 bits per heavy atom. The zero-order valence-electron chi connectivity index (χ0n) is 26.4. The number of pyridine rings is 1. The van der Waals surface area contributed by atoms with Crippen molar-refractivity contribution < 1.29 is 54.9 Å². The molecule has 4 rings (SSSR count). The Balaban J connectivity index is 1.76. The molecule has 1 aliphatic rings. The number of anilines is 2. The molecule has 2 atom stereocenters. The molecule has 0 bridgehead atoms. The van der Waals surface area contributed by atoms with Gasteiger partial charge < -0.3 is 24.3 Å². The normalized spacial score (nSPS) is 16.2. The Morgan fingerprint density at radius 2 is 1.62 bits per heavy atom. The van der Waals surface area contributed by atoms with Crippen molar-refractivity contribution in [3.63, 3.8) is 0 Å². The van der Waals surface area contributed by atoms with E-state index in [-0.39, 0.29) is 54.2 Å². The van der Waals surface area contributed by atoms with Crippen LogP contribution in [0.3, 0.4) is 0 Å². The van der Waals surface area contributed by atoms with E-state index >= 15 is 0 Å². The van der Waals surface area contributed by atoms with E-state index in [2.05, 4.69) is 20.3 Å². The summed E-state index contributed by atoms with van der Waals surface area (Å²) < 4.78 is 102. The molecule has 17 heteroatoms. The first-order valence-electron chi connectivity index (χ1n) is 14.9. The number of nitrogens with zero attached hydrogens (tertiary/aromatic N) is 4. The Kier molecular flexibility index (Phi) is 11.2. The Bertz CT molecular complexity index is 1590. The second kappa shape index (κ2) is 14.9. The summed E-state index contributed by atoms with van der Waals surface area (Å²) >= 11 is 0. The molecule has 0 aliphatic carbocycles. The van der Waals surface area contributed by atoms with Crippen LogP contribution in [-0.2, 0) is 33.0 Å². The Labute approximate surface area is 271 Å². The van der Waals surface area contributed by atoms with E-state index in [1.807, 2.05) is 6.92 Å². The number of halogens is 6. The first-order chi connectivity index (χ1) is 22.7. The number of benzene rings is 1. The van der Waals surface area contributed by atoms with Gasteiger partial charge in [0.15, 0.2) is 12.4 Å². The lowest BCUT2D eigenvalue weighted by Crippen LogP contribution is -2.46. The number of hydrogen-bond donors (Lipinski definition) is 1. The van der Waals surface area contributed by atoms with Gasteiger partial charge in [-0.1, -0.05) is 6.92 Å². The minimum absolute atomic E-state index is 0.0279. The van der Waals surface area contributed by atoms with Crippen molar-refractivity contribution in [3.8, 4) is 11.6 Å². The summed E-state index contributed by atoms with van der Waals surface area (Å²) in [6.45, 7) is 4.70. The number of fused-ring (bicyclic) bond motifs is 1. The SMILES string of the molecule is CCOC(=O)COc1cnc(N[C@H]2C[C@@H](CC)N(C(=O)OCC)c3ccc(OC)nc32)nc1Cc1cc(C(F)(F)F)cc(C(F)(F)F)c1. The number of methoxy groups -OCH3 is 1. The summed E-state index contributed by atoms with van der Waals surface area (Å²) in [6.07, 6.45) is -9.29. The van der Waals surface area contributed by atoms with Crippen LogP contribution in [0.5, 0.6) is 11.6 Å². The van der Waals surface area contributed by atoms with E-state index in [0.29, 0.717) is 36.4 Å². The fourth-order valence-corrected chi connectivity index (χ4v) is 5.16. The quantitative estimate of drug-likeness (QED) is 0.171. The maximum Gasteiger partial charge on any atom is 0.416 e. The van der Waals surface area contributed by atoms with Crippen LogP contribution in [0, 0.1) is 0 Å². The summed E-state index contributed by atoms with van der Waals surface area (Å²) in [7, 11) is 1.42. The average Bonchev–Trinajstić information content (AvgIpc) is 3.03. The van der Waals surface area contributed by atoms with Crippen LogP contribution < -0.4 is 19.7 Å². The fraction of sp³-hybridized carbons (Fsp3) is 0.452. The molecule has 0 saturated carbocycles. The van der Waals surface area contributed by atoms with Crippen molar-refractivity contribution in [1.82, 2.24) is 15.0 Å². The number of aromatic nitrogens is 3. The summed E-state index contributed by atoms with van der Waals surface area (Å²) in [5.74, 6) is -0.756. The van der Waals surface area contributed by atoms with Gasteiger partial charge in [-0.3, -0.25) is 4.90 Å². The number of nitrogens with one attached hydrogen (secondary N) is 1. The van der Waals surface area contributed by atoms with Gasteiger partial charge in [0.05, 0.1) is 60.8 Å². The van der Waals surface area contributed by atoms with Crippen molar-refractivity contribution in [1.29, 1.82) is 0 Å². The molecular formula is C31H33F6N5O6. The number of carbonyl (C=O) groups excluding carboxylic acids is 2. The van der Waals surface area contributed by atoms with Crippen LogP contribution in [-0.4, -0.2) is 60.0 Å². The third-order valence-electron chi connectivity index (χ3n) is 7.29. The average molecular weight is 686 g/mol. The molecule has 0 unspecified atom stereocenters. The molecule has 3 heterocycles. The van der Waals surface area contributed by atoms with Crippen LogP contribution in [0.1, 0.15) is 67.7 Å². The van der Waals surface area contributed by atoms with Gasteiger partial charge in [-0.25, -0.2) is 24.5 Å². The predicted molar refractivity (Wildman–Crippen MR) is 159 cm³/mol. The van der Waals surface area contributed by atoms with Crippen LogP contribution in [0.2, 0.25) is 0 Å². The van der Waals surface area contributed by atoms with Crippen LogP contribution in [0.4, 0.5) is 42.8 Å². The Morgan fingerprint density at radius 3 is 2.21 bits per heavy atom.